The molecular formula is C17H18Cl2N2O4S. The van der Waals surface area contributed by atoms with Crippen LogP contribution >= 0.6 is 23.2 Å². The minimum atomic E-state index is -3.34. The molecule has 0 saturated carbocycles. The van der Waals surface area contributed by atoms with Crippen molar-refractivity contribution in [2.75, 3.05) is 22.9 Å². The largest absolute Gasteiger partial charge is 0.481 e. The summed E-state index contributed by atoms with van der Waals surface area (Å²) in [6, 6.07) is 11.1. The molecule has 1 N–H and O–H groups in total. The van der Waals surface area contributed by atoms with Crippen LogP contribution in [-0.2, 0) is 14.8 Å². The van der Waals surface area contributed by atoms with Gasteiger partial charge in [0.1, 0.15) is 5.75 Å². The standard InChI is InChI=1S/C17H18Cl2N2O4S/c1-11(17(22)20-16-10-12(18)4-9-15(16)19)25-14-7-5-13(6-8-14)21(2)26(3,23)24/h4-11H,1-3H3,(H,20,22). The van der Waals surface area contributed by atoms with Crippen molar-refractivity contribution in [3.63, 3.8) is 0 Å². The molecule has 26 heavy (non-hydrogen) atoms. The first-order valence-corrected chi connectivity index (χ1v) is 10.1. The molecule has 0 aliphatic carbocycles. The normalized spacial score (nSPS) is 12.3. The van der Waals surface area contributed by atoms with Crippen LogP contribution in [0.5, 0.6) is 5.75 Å². The number of carbonyl (C=O) groups is 1. The Morgan fingerprint density at radius 2 is 1.77 bits per heavy atom. The van der Waals surface area contributed by atoms with Gasteiger partial charge in [0, 0.05) is 12.1 Å². The zero-order valence-electron chi connectivity index (χ0n) is 14.4. The zero-order chi connectivity index (χ0) is 19.5. The average Bonchev–Trinajstić information content (AvgIpc) is 2.57. The first kappa shape index (κ1) is 20.4. The molecule has 1 unspecified atom stereocenters. The average molecular weight is 417 g/mol. The number of benzene rings is 2. The number of halogens is 2. The van der Waals surface area contributed by atoms with Gasteiger partial charge in [0.15, 0.2) is 6.10 Å². The fraction of sp³-hybridized carbons (Fsp3) is 0.235. The van der Waals surface area contributed by atoms with Gasteiger partial charge >= 0.3 is 0 Å². The maximum atomic E-state index is 12.3. The van der Waals surface area contributed by atoms with Crippen molar-refractivity contribution in [2.45, 2.75) is 13.0 Å². The maximum Gasteiger partial charge on any atom is 0.265 e. The highest BCUT2D eigenvalue weighted by atomic mass is 35.5. The quantitative estimate of drug-likeness (QED) is 0.776. The monoisotopic (exact) mass is 416 g/mol. The molecule has 9 heteroatoms. The number of amides is 1. The van der Waals surface area contributed by atoms with Crippen LogP contribution in [0.4, 0.5) is 11.4 Å². The lowest BCUT2D eigenvalue weighted by Crippen LogP contribution is -2.30. The lowest BCUT2D eigenvalue weighted by Gasteiger charge is -2.18. The molecular weight excluding hydrogens is 399 g/mol. The number of nitrogens with one attached hydrogen (secondary N) is 1. The molecule has 0 saturated heterocycles. The Labute approximate surface area is 162 Å². The maximum absolute atomic E-state index is 12.3. The van der Waals surface area contributed by atoms with Crippen LogP contribution in [0.1, 0.15) is 6.92 Å². The SMILES string of the molecule is CC(Oc1ccc(N(C)S(C)(=O)=O)cc1)C(=O)Nc1cc(Cl)ccc1Cl. The smallest absolute Gasteiger partial charge is 0.265 e. The minimum Gasteiger partial charge on any atom is -0.481 e. The molecule has 0 aliphatic rings. The summed E-state index contributed by atoms with van der Waals surface area (Å²) in [4.78, 5) is 12.3. The summed E-state index contributed by atoms with van der Waals surface area (Å²) in [5.41, 5.74) is 0.882. The van der Waals surface area contributed by atoms with E-state index in [9.17, 15) is 13.2 Å². The number of carbonyl (C=O) groups excluding carboxylic acids is 1. The number of hydrogen-bond donors (Lipinski definition) is 1. The molecule has 0 heterocycles. The lowest BCUT2D eigenvalue weighted by atomic mass is 10.2. The van der Waals surface area contributed by atoms with Crippen LogP contribution < -0.4 is 14.4 Å². The van der Waals surface area contributed by atoms with Crippen LogP contribution in [0.25, 0.3) is 0 Å². The number of nitrogens with zero attached hydrogens (tertiary/aromatic N) is 1. The first-order valence-electron chi connectivity index (χ1n) is 7.54. The Balaban J connectivity index is 2.04. The van der Waals surface area contributed by atoms with Gasteiger partial charge in [0.25, 0.3) is 5.91 Å². The van der Waals surface area contributed by atoms with E-state index in [0.29, 0.717) is 27.2 Å². The molecule has 0 fully saturated rings. The van der Waals surface area contributed by atoms with Gasteiger partial charge in [0.05, 0.1) is 22.7 Å². The van der Waals surface area contributed by atoms with Gasteiger partial charge in [-0.25, -0.2) is 8.42 Å². The summed E-state index contributed by atoms with van der Waals surface area (Å²) in [5.74, 6) is 0.0296. The molecule has 2 aromatic carbocycles. The van der Waals surface area contributed by atoms with Crippen LogP contribution in [-0.4, -0.2) is 33.7 Å². The fourth-order valence-electron chi connectivity index (χ4n) is 2.01. The van der Waals surface area contributed by atoms with Crippen LogP contribution in [0.15, 0.2) is 42.5 Å². The predicted octanol–water partition coefficient (Wildman–Crippen LogP) is 3.80. The van der Waals surface area contributed by atoms with Crippen molar-refractivity contribution in [1.82, 2.24) is 0 Å². The lowest BCUT2D eigenvalue weighted by molar-refractivity contribution is -0.122. The van der Waals surface area contributed by atoms with Gasteiger partial charge in [-0.1, -0.05) is 23.2 Å². The molecule has 0 aromatic heterocycles. The third-order valence-electron chi connectivity index (χ3n) is 3.57. The van der Waals surface area contributed by atoms with Gasteiger partial charge in [-0.2, -0.15) is 0 Å². The molecule has 0 radical (unpaired) electrons. The van der Waals surface area contributed by atoms with Crippen LogP contribution in [0, 0.1) is 0 Å². The minimum absolute atomic E-state index is 0.364. The number of hydrogen-bond acceptors (Lipinski definition) is 4. The summed E-state index contributed by atoms with van der Waals surface area (Å²) >= 11 is 11.9. The van der Waals surface area contributed by atoms with E-state index in [2.05, 4.69) is 5.32 Å². The third-order valence-corrected chi connectivity index (χ3v) is 5.34. The summed E-state index contributed by atoms with van der Waals surface area (Å²) in [6.45, 7) is 1.59. The summed E-state index contributed by atoms with van der Waals surface area (Å²) in [6.07, 6.45) is 0.314. The van der Waals surface area contributed by atoms with E-state index in [1.165, 1.54) is 7.05 Å². The Bertz CT molecular complexity index is 901. The highest BCUT2D eigenvalue weighted by molar-refractivity contribution is 7.92. The fourth-order valence-corrected chi connectivity index (χ4v) is 2.85. The van der Waals surface area contributed by atoms with Gasteiger partial charge in [-0.3, -0.25) is 9.10 Å². The number of rotatable bonds is 6. The second kappa shape index (κ2) is 8.16. The second-order valence-corrected chi connectivity index (χ2v) is 8.46. The Morgan fingerprint density at radius 3 is 2.35 bits per heavy atom. The van der Waals surface area contributed by atoms with E-state index < -0.39 is 22.0 Å². The summed E-state index contributed by atoms with van der Waals surface area (Å²) in [5, 5.41) is 3.46. The van der Waals surface area contributed by atoms with Gasteiger partial charge in [-0.05, 0) is 49.4 Å². The molecule has 0 spiro atoms. The van der Waals surface area contributed by atoms with Crippen molar-refractivity contribution in [1.29, 1.82) is 0 Å². The molecule has 2 rings (SSSR count). The van der Waals surface area contributed by atoms with Crippen LogP contribution in [0.3, 0.4) is 0 Å². The van der Waals surface area contributed by atoms with Crippen molar-refractivity contribution in [2.24, 2.45) is 0 Å². The van der Waals surface area contributed by atoms with E-state index in [1.54, 1.807) is 49.4 Å². The second-order valence-electron chi connectivity index (χ2n) is 5.60. The van der Waals surface area contributed by atoms with Gasteiger partial charge < -0.3 is 10.1 Å². The highest BCUT2D eigenvalue weighted by Crippen LogP contribution is 2.26. The van der Waals surface area contributed by atoms with Crippen molar-refractivity contribution in [3.05, 3.63) is 52.5 Å². The number of sulfonamides is 1. The van der Waals surface area contributed by atoms with Gasteiger partial charge in [-0.15, -0.1) is 0 Å². The number of anilines is 2. The molecule has 0 aliphatic heterocycles. The molecule has 6 nitrogen and oxygen atoms in total. The first-order chi connectivity index (χ1) is 12.1. The van der Waals surface area contributed by atoms with E-state index in [0.717, 1.165) is 10.6 Å². The van der Waals surface area contributed by atoms with E-state index >= 15 is 0 Å². The highest BCUT2D eigenvalue weighted by Gasteiger charge is 2.17. The number of ether oxygens (including phenoxy) is 1. The Morgan fingerprint density at radius 1 is 1.15 bits per heavy atom. The van der Waals surface area contributed by atoms with E-state index in [-0.39, 0.29) is 0 Å². The summed E-state index contributed by atoms with van der Waals surface area (Å²) < 4.78 is 29.8. The van der Waals surface area contributed by atoms with Crippen molar-refractivity contribution in [3.8, 4) is 5.75 Å². The predicted molar refractivity (Wildman–Crippen MR) is 105 cm³/mol. The van der Waals surface area contributed by atoms with E-state index in [4.69, 9.17) is 27.9 Å². The third kappa shape index (κ3) is 5.27. The molecule has 0 bridgehead atoms. The summed E-state index contributed by atoms with van der Waals surface area (Å²) in [7, 11) is -1.89. The Kier molecular flexibility index (Phi) is 6.39. The molecule has 140 valence electrons. The molecule has 1 amide bonds. The van der Waals surface area contributed by atoms with Crippen molar-refractivity contribution < 1.29 is 17.9 Å². The van der Waals surface area contributed by atoms with Crippen molar-refractivity contribution >= 4 is 50.5 Å². The topological polar surface area (TPSA) is 75.7 Å². The Hall–Kier alpha value is -1.96. The molecule has 1 atom stereocenters. The molecule has 2 aromatic rings. The zero-order valence-corrected chi connectivity index (χ0v) is 16.7. The van der Waals surface area contributed by atoms with Crippen LogP contribution in [0.2, 0.25) is 10.0 Å². The van der Waals surface area contributed by atoms with E-state index in [1.807, 2.05) is 0 Å². The van der Waals surface area contributed by atoms with Gasteiger partial charge in [0.2, 0.25) is 10.0 Å².